The molecule has 1 aromatic carbocycles. The zero-order chi connectivity index (χ0) is 19.1. The first-order valence-electron chi connectivity index (χ1n) is 10.1. The van der Waals surface area contributed by atoms with Gasteiger partial charge in [-0.15, -0.1) is 0 Å². The molecule has 2 fully saturated rings. The van der Waals surface area contributed by atoms with Crippen molar-refractivity contribution in [3.8, 4) is 0 Å². The molecule has 0 heterocycles. The molecule has 0 radical (unpaired) electrons. The molecular formula is C22H30N2O3. The van der Waals surface area contributed by atoms with Crippen molar-refractivity contribution in [3.05, 3.63) is 42.0 Å². The van der Waals surface area contributed by atoms with Gasteiger partial charge in [0, 0.05) is 24.6 Å². The second-order valence-corrected chi connectivity index (χ2v) is 7.56. The lowest BCUT2D eigenvalue weighted by molar-refractivity contribution is -0.129. The summed E-state index contributed by atoms with van der Waals surface area (Å²) < 4.78 is 5.99. The fraction of sp³-hybridized carbons (Fsp3) is 0.545. The fourth-order valence-electron chi connectivity index (χ4n) is 3.50. The van der Waals surface area contributed by atoms with Gasteiger partial charge in [0.15, 0.2) is 0 Å². The first-order chi connectivity index (χ1) is 13.2. The van der Waals surface area contributed by atoms with Gasteiger partial charge in [0.05, 0.1) is 12.1 Å². The minimum atomic E-state index is -0.116. The summed E-state index contributed by atoms with van der Waals surface area (Å²) in [6.07, 6.45) is 8.61. The molecule has 0 saturated heterocycles. The maximum Gasteiger partial charge on any atom is 0.244 e. The molecule has 2 amide bonds. The van der Waals surface area contributed by atoms with Gasteiger partial charge in [0.1, 0.15) is 0 Å². The number of carbonyl (C=O) groups excluding carboxylic acids is 2. The van der Waals surface area contributed by atoms with E-state index in [1.807, 2.05) is 36.4 Å². The maximum absolute atomic E-state index is 12.4. The number of hydrogen-bond acceptors (Lipinski definition) is 3. The van der Waals surface area contributed by atoms with Crippen molar-refractivity contribution in [2.24, 2.45) is 5.92 Å². The van der Waals surface area contributed by atoms with E-state index in [1.54, 1.807) is 6.08 Å². The van der Waals surface area contributed by atoms with Crippen LogP contribution in [0.3, 0.4) is 0 Å². The van der Waals surface area contributed by atoms with Gasteiger partial charge in [-0.1, -0.05) is 37.3 Å². The van der Waals surface area contributed by atoms with E-state index < -0.39 is 0 Å². The molecule has 1 aromatic rings. The monoisotopic (exact) mass is 370 g/mol. The maximum atomic E-state index is 12.4. The standard InChI is InChI=1S/C22H30N2O3/c1-2-14-27-20-15-17(22(26)23-18-10-11-18)9-12-19(20)24-21(25)13-8-16-6-4-3-5-7-16/h3-8,13,17-20H,2,9-12,14-15H2,1H3,(H,23,26)(H,24,25)/b13-8+/t17-,19+,20+/m0/s1. The highest BCUT2D eigenvalue weighted by atomic mass is 16.5. The first kappa shape index (κ1) is 19.6. The lowest BCUT2D eigenvalue weighted by atomic mass is 9.83. The van der Waals surface area contributed by atoms with E-state index in [0.717, 1.165) is 37.7 Å². The highest BCUT2D eigenvalue weighted by molar-refractivity contribution is 5.92. The normalized spacial score (nSPS) is 25.3. The highest BCUT2D eigenvalue weighted by Gasteiger charge is 2.36. The van der Waals surface area contributed by atoms with Gasteiger partial charge >= 0.3 is 0 Å². The van der Waals surface area contributed by atoms with E-state index in [1.165, 1.54) is 0 Å². The Bertz CT molecular complexity index is 655. The minimum Gasteiger partial charge on any atom is -0.376 e. The van der Waals surface area contributed by atoms with E-state index in [9.17, 15) is 9.59 Å². The number of ether oxygens (including phenoxy) is 1. The summed E-state index contributed by atoms with van der Waals surface area (Å²) in [5.41, 5.74) is 0.992. The van der Waals surface area contributed by atoms with Gasteiger partial charge in [-0.25, -0.2) is 0 Å². The Morgan fingerprint density at radius 3 is 2.59 bits per heavy atom. The van der Waals surface area contributed by atoms with Crippen LogP contribution in [0.15, 0.2) is 36.4 Å². The van der Waals surface area contributed by atoms with Crippen molar-refractivity contribution in [1.82, 2.24) is 10.6 Å². The lowest BCUT2D eigenvalue weighted by Gasteiger charge is -2.35. The van der Waals surface area contributed by atoms with Gasteiger partial charge < -0.3 is 15.4 Å². The van der Waals surface area contributed by atoms with Gasteiger partial charge in [0.2, 0.25) is 11.8 Å². The van der Waals surface area contributed by atoms with E-state index in [-0.39, 0.29) is 29.9 Å². The van der Waals surface area contributed by atoms with Crippen LogP contribution in [0.25, 0.3) is 6.08 Å². The van der Waals surface area contributed by atoms with E-state index in [0.29, 0.717) is 19.1 Å². The molecule has 5 heteroatoms. The van der Waals surface area contributed by atoms with Crippen LogP contribution in [0.4, 0.5) is 0 Å². The van der Waals surface area contributed by atoms with Crippen molar-refractivity contribution in [2.45, 2.75) is 63.6 Å². The smallest absolute Gasteiger partial charge is 0.244 e. The van der Waals surface area contributed by atoms with Crippen LogP contribution in [-0.4, -0.2) is 36.6 Å². The van der Waals surface area contributed by atoms with Crippen LogP contribution in [0.2, 0.25) is 0 Å². The topological polar surface area (TPSA) is 67.4 Å². The van der Waals surface area contributed by atoms with Crippen molar-refractivity contribution in [1.29, 1.82) is 0 Å². The summed E-state index contributed by atoms with van der Waals surface area (Å²) in [4.78, 5) is 24.7. The third-order valence-corrected chi connectivity index (χ3v) is 5.18. The Labute approximate surface area is 161 Å². The summed E-state index contributed by atoms with van der Waals surface area (Å²) in [5, 5.41) is 6.18. The molecule has 0 bridgehead atoms. The number of rotatable bonds is 8. The third-order valence-electron chi connectivity index (χ3n) is 5.18. The zero-order valence-corrected chi connectivity index (χ0v) is 16.0. The number of carbonyl (C=O) groups is 2. The van der Waals surface area contributed by atoms with Crippen molar-refractivity contribution in [3.63, 3.8) is 0 Å². The van der Waals surface area contributed by atoms with Crippen molar-refractivity contribution in [2.75, 3.05) is 6.61 Å². The number of amides is 2. The van der Waals surface area contributed by atoms with Crippen LogP contribution in [0, 0.1) is 5.92 Å². The van der Waals surface area contributed by atoms with E-state index in [2.05, 4.69) is 17.6 Å². The van der Waals surface area contributed by atoms with Crippen LogP contribution >= 0.6 is 0 Å². The molecule has 146 valence electrons. The van der Waals surface area contributed by atoms with Crippen molar-refractivity contribution < 1.29 is 14.3 Å². The average Bonchev–Trinajstić information content (AvgIpc) is 3.50. The Kier molecular flexibility index (Phi) is 7.04. The zero-order valence-electron chi connectivity index (χ0n) is 16.0. The molecule has 2 N–H and O–H groups in total. The second kappa shape index (κ2) is 9.70. The van der Waals surface area contributed by atoms with E-state index >= 15 is 0 Å². The summed E-state index contributed by atoms with van der Waals surface area (Å²) >= 11 is 0. The van der Waals surface area contributed by atoms with Crippen LogP contribution in [0.1, 0.15) is 51.0 Å². The Morgan fingerprint density at radius 2 is 1.89 bits per heavy atom. The summed E-state index contributed by atoms with van der Waals surface area (Å²) in [6, 6.07) is 10.1. The minimum absolute atomic E-state index is 0.0135. The summed E-state index contributed by atoms with van der Waals surface area (Å²) in [5.74, 6) is 0.0200. The van der Waals surface area contributed by atoms with Gasteiger partial charge in [0.25, 0.3) is 0 Å². The highest BCUT2D eigenvalue weighted by Crippen LogP contribution is 2.29. The molecule has 27 heavy (non-hydrogen) atoms. The molecule has 0 unspecified atom stereocenters. The van der Waals surface area contributed by atoms with Gasteiger partial charge in [-0.05, 0) is 50.2 Å². The third kappa shape index (κ3) is 6.21. The molecule has 0 aliphatic heterocycles. The van der Waals surface area contributed by atoms with Gasteiger partial charge in [-0.2, -0.15) is 0 Å². The summed E-state index contributed by atoms with van der Waals surface area (Å²) in [6.45, 7) is 2.71. The number of benzene rings is 1. The predicted molar refractivity (Wildman–Crippen MR) is 106 cm³/mol. The van der Waals surface area contributed by atoms with Crippen LogP contribution in [-0.2, 0) is 14.3 Å². The SMILES string of the molecule is CCCO[C@@H]1C[C@@H](C(=O)NC2CC2)CC[C@H]1NC(=O)/C=C/c1ccccc1. The van der Waals surface area contributed by atoms with Crippen LogP contribution < -0.4 is 10.6 Å². The Morgan fingerprint density at radius 1 is 1.11 bits per heavy atom. The average molecular weight is 370 g/mol. The Balaban J connectivity index is 1.55. The molecule has 5 nitrogen and oxygen atoms in total. The quantitative estimate of drug-likeness (QED) is 0.691. The fourth-order valence-corrected chi connectivity index (χ4v) is 3.50. The molecule has 2 aliphatic rings. The largest absolute Gasteiger partial charge is 0.376 e. The summed E-state index contributed by atoms with van der Waals surface area (Å²) in [7, 11) is 0. The second-order valence-electron chi connectivity index (χ2n) is 7.56. The number of hydrogen-bond donors (Lipinski definition) is 2. The molecule has 2 saturated carbocycles. The molecule has 2 aliphatic carbocycles. The molecule has 0 aromatic heterocycles. The molecule has 3 atom stereocenters. The molecular weight excluding hydrogens is 340 g/mol. The first-order valence-corrected chi connectivity index (χ1v) is 10.1. The number of nitrogens with one attached hydrogen (secondary N) is 2. The molecule has 0 spiro atoms. The predicted octanol–water partition coefficient (Wildman–Crippen LogP) is 3.06. The van der Waals surface area contributed by atoms with E-state index in [4.69, 9.17) is 4.74 Å². The molecule has 3 rings (SSSR count). The van der Waals surface area contributed by atoms with Gasteiger partial charge in [-0.3, -0.25) is 9.59 Å². The van der Waals surface area contributed by atoms with Crippen LogP contribution in [0.5, 0.6) is 0 Å². The lowest BCUT2D eigenvalue weighted by Crippen LogP contribution is -2.50. The Hall–Kier alpha value is -2.14. The van der Waals surface area contributed by atoms with Crippen molar-refractivity contribution >= 4 is 17.9 Å².